The number of rotatable bonds is 7. The van der Waals surface area contributed by atoms with Crippen LogP contribution in [-0.2, 0) is 9.47 Å². The molecule has 29 heavy (non-hydrogen) atoms. The van der Waals surface area contributed by atoms with Crippen molar-refractivity contribution in [2.75, 3.05) is 64.4 Å². The molecule has 2 aromatic heterocycles. The van der Waals surface area contributed by atoms with Gasteiger partial charge in [0.1, 0.15) is 12.6 Å². The van der Waals surface area contributed by atoms with Gasteiger partial charge in [-0.15, -0.1) is 0 Å². The molecule has 0 unspecified atom stereocenters. The molecule has 158 valence electrons. The third-order valence-corrected chi connectivity index (χ3v) is 5.85. The monoisotopic (exact) mass is 403 g/mol. The van der Waals surface area contributed by atoms with Crippen LogP contribution in [0.1, 0.15) is 19.1 Å². The number of aliphatic hydroxyl groups excluding tert-OH is 1. The lowest BCUT2D eigenvalue weighted by Gasteiger charge is -2.39. The number of morpholine rings is 2. The summed E-state index contributed by atoms with van der Waals surface area (Å²) >= 11 is 0. The number of aromatic nitrogens is 4. The summed E-state index contributed by atoms with van der Waals surface area (Å²) in [5.74, 6) is 0.787. The first-order chi connectivity index (χ1) is 14.3. The van der Waals surface area contributed by atoms with Crippen LogP contribution in [0.2, 0.25) is 0 Å². The maximum atomic E-state index is 9.77. The smallest absolute Gasteiger partial charge is 0.167 e. The van der Waals surface area contributed by atoms with Gasteiger partial charge in [0.25, 0.3) is 0 Å². The third-order valence-electron chi connectivity index (χ3n) is 5.85. The lowest BCUT2D eigenvalue weighted by Crippen LogP contribution is -2.50. The highest BCUT2D eigenvalue weighted by molar-refractivity contribution is 5.83. The molecular weight excluding hydrogens is 374 g/mol. The zero-order chi connectivity index (χ0) is 19.6. The summed E-state index contributed by atoms with van der Waals surface area (Å²) in [5, 5.41) is 13.2. The van der Waals surface area contributed by atoms with E-state index in [-0.39, 0.29) is 18.9 Å². The number of imidazole rings is 1. The summed E-state index contributed by atoms with van der Waals surface area (Å²) < 4.78 is 13.6. The van der Waals surface area contributed by atoms with Crippen molar-refractivity contribution >= 4 is 17.0 Å². The first kappa shape index (κ1) is 19.1. The minimum atomic E-state index is -0.237. The summed E-state index contributed by atoms with van der Waals surface area (Å²) in [5.41, 5.74) is 1.54. The average molecular weight is 403 g/mol. The highest BCUT2D eigenvalue weighted by Crippen LogP contribution is 2.29. The standard InChI is InChI=1S/C19H29N7O3/c27-11-15-9-25(4-3-24-5-7-28-8-6-24)10-16(29-15)26-13-22-17-18(23-14-1-2-14)20-12-21-19(17)26/h12-16,27H,1-11H2,(H,20,21,23)/t15-,16+/m0/s1. The SMILES string of the molecule is OC[C@@H]1CN(CCN2CCOCC2)C[C@H](n2cnc3c(NC4CC4)ncnc32)O1. The lowest BCUT2D eigenvalue weighted by molar-refractivity contribution is -0.134. The molecule has 0 amide bonds. The summed E-state index contributed by atoms with van der Waals surface area (Å²) in [4.78, 5) is 18.2. The second-order valence-corrected chi connectivity index (χ2v) is 8.07. The summed E-state index contributed by atoms with van der Waals surface area (Å²) in [6.07, 6.45) is 5.25. The molecule has 1 saturated carbocycles. The van der Waals surface area contributed by atoms with Crippen molar-refractivity contribution in [2.45, 2.75) is 31.2 Å². The number of ether oxygens (including phenoxy) is 2. The van der Waals surface area contributed by atoms with Gasteiger partial charge >= 0.3 is 0 Å². The van der Waals surface area contributed by atoms with Gasteiger partial charge in [0.2, 0.25) is 0 Å². The Hall–Kier alpha value is -1.85. The van der Waals surface area contributed by atoms with Crippen LogP contribution in [0.15, 0.2) is 12.7 Å². The Morgan fingerprint density at radius 3 is 2.69 bits per heavy atom. The van der Waals surface area contributed by atoms with Crippen LogP contribution in [-0.4, -0.2) is 106 Å². The quantitative estimate of drug-likeness (QED) is 0.658. The predicted molar refractivity (Wildman–Crippen MR) is 107 cm³/mol. The van der Waals surface area contributed by atoms with E-state index in [1.54, 1.807) is 12.7 Å². The van der Waals surface area contributed by atoms with Crippen molar-refractivity contribution in [1.82, 2.24) is 29.3 Å². The first-order valence-electron chi connectivity index (χ1n) is 10.5. The van der Waals surface area contributed by atoms with Crippen LogP contribution in [0.5, 0.6) is 0 Å². The molecule has 1 aliphatic carbocycles. The summed E-state index contributed by atoms with van der Waals surface area (Å²) in [6, 6.07) is 0.499. The fraction of sp³-hybridized carbons (Fsp3) is 0.737. The van der Waals surface area contributed by atoms with E-state index in [4.69, 9.17) is 9.47 Å². The van der Waals surface area contributed by atoms with Crippen LogP contribution >= 0.6 is 0 Å². The van der Waals surface area contributed by atoms with Crippen molar-refractivity contribution in [3.63, 3.8) is 0 Å². The van der Waals surface area contributed by atoms with E-state index in [1.165, 1.54) is 12.8 Å². The molecule has 0 aromatic carbocycles. The molecule has 2 N–H and O–H groups in total. The van der Waals surface area contributed by atoms with Crippen molar-refractivity contribution < 1.29 is 14.6 Å². The Kier molecular flexibility index (Phi) is 5.60. The Labute approximate surface area is 169 Å². The average Bonchev–Trinajstić information content (AvgIpc) is 3.47. The highest BCUT2D eigenvalue weighted by atomic mass is 16.5. The van der Waals surface area contributed by atoms with Crippen LogP contribution in [0.4, 0.5) is 5.82 Å². The lowest BCUT2D eigenvalue weighted by atomic mass is 10.2. The maximum absolute atomic E-state index is 9.77. The normalized spacial score (nSPS) is 26.8. The Morgan fingerprint density at radius 2 is 1.90 bits per heavy atom. The van der Waals surface area contributed by atoms with Gasteiger partial charge in [-0.3, -0.25) is 14.4 Å². The number of nitrogens with zero attached hydrogens (tertiary/aromatic N) is 6. The second kappa shape index (κ2) is 8.49. The van der Waals surface area contributed by atoms with Crippen molar-refractivity contribution in [2.24, 2.45) is 0 Å². The number of hydrogen-bond acceptors (Lipinski definition) is 9. The van der Waals surface area contributed by atoms with Crippen LogP contribution in [0, 0.1) is 0 Å². The van der Waals surface area contributed by atoms with Crippen molar-refractivity contribution in [3.8, 4) is 0 Å². The molecule has 2 aromatic rings. The van der Waals surface area contributed by atoms with E-state index in [9.17, 15) is 5.11 Å². The largest absolute Gasteiger partial charge is 0.394 e. The van der Waals surface area contributed by atoms with Gasteiger partial charge in [-0.25, -0.2) is 15.0 Å². The van der Waals surface area contributed by atoms with Gasteiger partial charge < -0.3 is 19.9 Å². The Morgan fingerprint density at radius 1 is 1.07 bits per heavy atom. The van der Waals surface area contributed by atoms with Crippen molar-refractivity contribution in [1.29, 1.82) is 0 Å². The molecular formula is C19H29N7O3. The zero-order valence-electron chi connectivity index (χ0n) is 16.6. The van der Waals surface area contributed by atoms with Crippen LogP contribution in [0.25, 0.3) is 11.2 Å². The molecule has 10 heteroatoms. The van der Waals surface area contributed by atoms with Gasteiger partial charge in [0.15, 0.2) is 17.0 Å². The molecule has 0 bridgehead atoms. The molecule has 5 rings (SSSR count). The maximum Gasteiger partial charge on any atom is 0.167 e. The van der Waals surface area contributed by atoms with E-state index in [0.29, 0.717) is 6.04 Å². The zero-order valence-corrected chi connectivity index (χ0v) is 16.6. The van der Waals surface area contributed by atoms with E-state index >= 15 is 0 Å². The molecule has 10 nitrogen and oxygen atoms in total. The van der Waals surface area contributed by atoms with Gasteiger partial charge in [-0.05, 0) is 12.8 Å². The molecule has 3 aliphatic rings. The number of hydrogen-bond donors (Lipinski definition) is 2. The van der Waals surface area contributed by atoms with Crippen molar-refractivity contribution in [3.05, 3.63) is 12.7 Å². The van der Waals surface area contributed by atoms with Crippen LogP contribution < -0.4 is 5.32 Å². The van der Waals surface area contributed by atoms with E-state index in [1.807, 2.05) is 4.57 Å². The van der Waals surface area contributed by atoms with Gasteiger partial charge in [0.05, 0.1) is 32.3 Å². The topological polar surface area (TPSA) is 101 Å². The minimum absolute atomic E-state index is 0.000648. The molecule has 2 saturated heterocycles. The fourth-order valence-electron chi connectivity index (χ4n) is 4.03. The fourth-order valence-corrected chi connectivity index (χ4v) is 4.03. The van der Waals surface area contributed by atoms with E-state index in [0.717, 1.165) is 69.5 Å². The first-order valence-corrected chi connectivity index (χ1v) is 10.5. The van der Waals surface area contributed by atoms with Gasteiger partial charge in [0, 0.05) is 45.3 Å². The summed E-state index contributed by atoms with van der Waals surface area (Å²) in [6.45, 7) is 6.98. The molecule has 0 spiro atoms. The number of fused-ring (bicyclic) bond motifs is 1. The summed E-state index contributed by atoms with van der Waals surface area (Å²) in [7, 11) is 0. The number of anilines is 1. The Balaban J connectivity index is 1.31. The number of aliphatic hydroxyl groups is 1. The molecule has 2 aliphatic heterocycles. The number of nitrogens with one attached hydrogen (secondary N) is 1. The van der Waals surface area contributed by atoms with E-state index in [2.05, 4.69) is 30.1 Å². The van der Waals surface area contributed by atoms with Crippen LogP contribution in [0.3, 0.4) is 0 Å². The third kappa shape index (κ3) is 4.36. The molecule has 4 heterocycles. The van der Waals surface area contributed by atoms with Gasteiger partial charge in [-0.1, -0.05) is 0 Å². The van der Waals surface area contributed by atoms with E-state index < -0.39 is 0 Å². The molecule has 3 fully saturated rings. The molecule has 0 radical (unpaired) electrons. The predicted octanol–water partition coefficient (Wildman–Crippen LogP) is -0.0755. The minimum Gasteiger partial charge on any atom is -0.394 e. The molecule has 2 atom stereocenters. The highest BCUT2D eigenvalue weighted by Gasteiger charge is 2.31. The Bertz CT molecular complexity index is 821. The van der Waals surface area contributed by atoms with Gasteiger partial charge in [-0.2, -0.15) is 0 Å². The second-order valence-electron chi connectivity index (χ2n) is 8.07.